The smallest absolute Gasteiger partial charge is 0.130 e. The van der Waals surface area contributed by atoms with E-state index in [9.17, 15) is 0 Å². The molecule has 2 aromatic rings. The summed E-state index contributed by atoms with van der Waals surface area (Å²) in [6, 6.07) is 13.7. The van der Waals surface area contributed by atoms with Gasteiger partial charge in [0.25, 0.3) is 0 Å². The molecule has 0 N–H and O–H groups in total. The van der Waals surface area contributed by atoms with Crippen LogP contribution in [0.4, 0.5) is 0 Å². The summed E-state index contributed by atoms with van der Waals surface area (Å²) in [4.78, 5) is 5.04. The molecule has 3 rings (SSSR count). The molecule has 0 aliphatic carbocycles. The molecule has 0 fully saturated rings. The second-order valence-electron chi connectivity index (χ2n) is 9.84. The highest BCUT2D eigenvalue weighted by Crippen LogP contribution is 2.37. The van der Waals surface area contributed by atoms with Crippen molar-refractivity contribution in [3.63, 3.8) is 0 Å². The van der Waals surface area contributed by atoms with Crippen LogP contribution < -0.4 is 4.74 Å². The zero-order chi connectivity index (χ0) is 24.2. The molecule has 1 aliphatic rings. The van der Waals surface area contributed by atoms with Crippen LogP contribution in [-0.4, -0.2) is 49.1 Å². The van der Waals surface area contributed by atoms with Crippen molar-refractivity contribution in [2.75, 3.05) is 39.3 Å². The van der Waals surface area contributed by atoms with Crippen LogP contribution in [0.5, 0.6) is 11.5 Å². The van der Waals surface area contributed by atoms with Crippen LogP contribution >= 0.6 is 0 Å². The van der Waals surface area contributed by atoms with E-state index in [0.717, 1.165) is 17.9 Å². The Morgan fingerprint density at radius 2 is 1.03 bits per heavy atom. The lowest BCUT2D eigenvalue weighted by molar-refractivity contribution is 0.296. The fourth-order valence-corrected chi connectivity index (χ4v) is 5.14. The zero-order valence-corrected chi connectivity index (χ0v) is 22.4. The summed E-state index contributed by atoms with van der Waals surface area (Å²) in [5, 5.41) is 0. The second-order valence-corrected chi connectivity index (χ2v) is 9.84. The van der Waals surface area contributed by atoms with Crippen LogP contribution in [0.25, 0.3) is 0 Å². The molecule has 0 bridgehead atoms. The maximum absolute atomic E-state index is 6.26. The predicted octanol–water partition coefficient (Wildman–Crippen LogP) is 7.49. The zero-order valence-electron chi connectivity index (χ0n) is 22.4. The maximum atomic E-state index is 6.26. The van der Waals surface area contributed by atoms with Gasteiger partial charge >= 0.3 is 0 Å². The first kappa shape index (κ1) is 26.8. The summed E-state index contributed by atoms with van der Waals surface area (Å²) in [6.07, 6.45) is 11.1. The Labute approximate surface area is 209 Å². The third-order valence-electron chi connectivity index (χ3n) is 7.52. The molecule has 2 aromatic carbocycles. The van der Waals surface area contributed by atoms with E-state index in [4.69, 9.17) is 4.74 Å². The molecule has 34 heavy (non-hydrogen) atoms. The van der Waals surface area contributed by atoms with Gasteiger partial charge in [0, 0.05) is 6.42 Å². The van der Waals surface area contributed by atoms with Crippen LogP contribution in [0.3, 0.4) is 0 Å². The molecule has 0 spiro atoms. The summed E-state index contributed by atoms with van der Waals surface area (Å²) in [7, 11) is 0. The number of rotatable bonds is 16. The average Bonchev–Trinajstić information content (AvgIpc) is 2.87. The fourth-order valence-electron chi connectivity index (χ4n) is 5.14. The number of fused-ring (bicyclic) bond motifs is 2. The predicted molar refractivity (Wildman–Crippen MR) is 146 cm³/mol. The topological polar surface area (TPSA) is 15.7 Å². The maximum Gasteiger partial charge on any atom is 0.130 e. The number of hydrogen-bond donors (Lipinski definition) is 0. The molecule has 1 aliphatic heterocycles. The second kappa shape index (κ2) is 14.5. The summed E-state index contributed by atoms with van der Waals surface area (Å²) in [5.41, 5.74) is 5.62. The van der Waals surface area contributed by atoms with Gasteiger partial charge < -0.3 is 14.5 Å². The van der Waals surface area contributed by atoms with Crippen molar-refractivity contribution in [2.24, 2.45) is 0 Å². The first-order chi connectivity index (χ1) is 16.7. The molecular formula is C31H48N2O. The number of aryl methyl sites for hydroxylation is 2. The van der Waals surface area contributed by atoms with Crippen molar-refractivity contribution in [3.8, 4) is 11.5 Å². The van der Waals surface area contributed by atoms with Crippen LogP contribution in [0, 0.1) is 0 Å². The average molecular weight is 465 g/mol. The highest BCUT2D eigenvalue weighted by molar-refractivity contribution is 5.51. The van der Waals surface area contributed by atoms with E-state index in [2.05, 4.69) is 73.9 Å². The van der Waals surface area contributed by atoms with Crippen LogP contribution in [-0.2, 0) is 19.3 Å². The molecule has 0 amide bonds. The van der Waals surface area contributed by atoms with E-state index in [1.54, 1.807) is 0 Å². The lowest BCUT2D eigenvalue weighted by atomic mass is 9.94. The van der Waals surface area contributed by atoms with E-state index in [0.29, 0.717) is 0 Å². The minimum absolute atomic E-state index is 0.996. The Bertz CT molecular complexity index is 785. The third-order valence-corrected chi connectivity index (χ3v) is 7.52. The van der Waals surface area contributed by atoms with Gasteiger partial charge in [0.1, 0.15) is 11.5 Å². The Morgan fingerprint density at radius 3 is 1.44 bits per heavy atom. The molecule has 0 saturated heterocycles. The molecule has 3 heteroatoms. The SMILES string of the molecule is CCN(CC)CCCCCc1ccc2c(c1)Cc1cc(CCCCCN(CC)CC)ccc1O2. The molecule has 0 unspecified atom stereocenters. The van der Waals surface area contributed by atoms with Crippen molar-refractivity contribution >= 4 is 0 Å². The van der Waals surface area contributed by atoms with Gasteiger partial charge in [-0.2, -0.15) is 0 Å². The molecule has 0 aromatic heterocycles. The summed E-state index contributed by atoms with van der Waals surface area (Å²) in [6.45, 7) is 16.2. The summed E-state index contributed by atoms with van der Waals surface area (Å²) in [5.74, 6) is 2.09. The molecule has 0 atom stereocenters. The van der Waals surface area contributed by atoms with E-state index < -0.39 is 0 Å². The first-order valence-corrected chi connectivity index (χ1v) is 14.0. The van der Waals surface area contributed by atoms with Gasteiger partial charge in [-0.15, -0.1) is 0 Å². The highest BCUT2D eigenvalue weighted by Gasteiger charge is 2.17. The van der Waals surface area contributed by atoms with Gasteiger partial charge in [0.2, 0.25) is 0 Å². The minimum Gasteiger partial charge on any atom is -0.457 e. The molecule has 1 heterocycles. The van der Waals surface area contributed by atoms with Gasteiger partial charge in [0.15, 0.2) is 0 Å². The van der Waals surface area contributed by atoms with Crippen LogP contribution in [0.15, 0.2) is 36.4 Å². The number of benzene rings is 2. The number of hydrogen-bond acceptors (Lipinski definition) is 3. The van der Waals surface area contributed by atoms with Gasteiger partial charge in [-0.05, 0) is 112 Å². The summed E-state index contributed by atoms with van der Waals surface area (Å²) < 4.78 is 6.26. The number of nitrogens with zero attached hydrogens (tertiary/aromatic N) is 2. The fraction of sp³-hybridized carbons (Fsp3) is 0.613. The van der Waals surface area contributed by atoms with Crippen molar-refractivity contribution in [1.29, 1.82) is 0 Å². The largest absolute Gasteiger partial charge is 0.457 e. The Morgan fingerprint density at radius 1 is 0.588 bits per heavy atom. The van der Waals surface area contributed by atoms with E-state index >= 15 is 0 Å². The molecule has 188 valence electrons. The minimum atomic E-state index is 0.996. The van der Waals surface area contributed by atoms with E-state index in [1.165, 1.54) is 113 Å². The highest BCUT2D eigenvalue weighted by atomic mass is 16.5. The Hall–Kier alpha value is -1.84. The Kier molecular flexibility index (Phi) is 11.4. The van der Waals surface area contributed by atoms with E-state index in [-0.39, 0.29) is 0 Å². The quantitative estimate of drug-likeness (QED) is 0.204. The standard InChI is InChI=1S/C31H48N2O/c1-5-32(6-2)21-13-9-11-15-26-17-19-30-28(23-26)25-29-24-27(18-20-31(29)34-30)16-12-10-14-22-33(7-3)8-4/h17-20,23-24H,5-16,21-22,25H2,1-4H3. The van der Waals surface area contributed by atoms with Gasteiger partial charge in [-0.3, -0.25) is 0 Å². The lowest BCUT2D eigenvalue weighted by Gasteiger charge is -2.22. The molecule has 0 saturated carbocycles. The monoisotopic (exact) mass is 464 g/mol. The van der Waals surface area contributed by atoms with Gasteiger partial charge in [0.05, 0.1) is 0 Å². The van der Waals surface area contributed by atoms with Crippen molar-refractivity contribution < 1.29 is 4.74 Å². The van der Waals surface area contributed by atoms with Gasteiger partial charge in [-0.1, -0.05) is 64.8 Å². The van der Waals surface area contributed by atoms with Crippen LogP contribution in [0.2, 0.25) is 0 Å². The number of ether oxygens (including phenoxy) is 1. The van der Waals surface area contributed by atoms with Crippen molar-refractivity contribution in [2.45, 2.75) is 85.5 Å². The third kappa shape index (κ3) is 8.13. The van der Waals surface area contributed by atoms with Crippen molar-refractivity contribution in [3.05, 3.63) is 58.7 Å². The summed E-state index contributed by atoms with van der Waals surface area (Å²) >= 11 is 0. The molecular weight excluding hydrogens is 416 g/mol. The molecule has 3 nitrogen and oxygen atoms in total. The lowest BCUT2D eigenvalue weighted by Crippen LogP contribution is -2.23. The van der Waals surface area contributed by atoms with E-state index in [1.807, 2.05) is 0 Å². The normalized spacial score (nSPS) is 12.6. The first-order valence-electron chi connectivity index (χ1n) is 14.0. The van der Waals surface area contributed by atoms with Crippen LogP contribution in [0.1, 0.15) is 88.5 Å². The Balaban J connectivity index is 1.46. The van der Waals surface area contributed by atoms with Crippen molar-refractivity contribution in [1.82, 2.24) is 9.80 Å². The molecule has 0 radical (unpaired) electrons. The van der Waals surface area contributed by atoms with Gasteiger partial charge in [-0.25, -0.2) is 0 Å². The number of unbranched alkanes of at least 4 members (excludes halogenated alkanes) is 4.